The molecule has 29 heavy (non-hydrogen) atoms. The van der Waals surface area contributed by atoms with Gasteiger partial charge in [0.1, 0.15) is 5.82 Å². The Morgan fingerprint density at radius 2 is 1.93 bits per heavy atom. The molecule has 2 N–H and O–H groups in total. The van der Waals surface area contributed by atoms with Gasteiger partial charge in [-0.15, -0.1) is 0 Å². The van der Waals surface area contributed by atoms with E-state index in [0.717, 1.165) is 43.4 Å². The number of aliphatic imine (C=N–C) groups is 1. The molecule has 0 spiro atoms. The molecule has 0 aliphatic carbocycles. The number of anilines is 1. The molecule has 1 aromatic heterocycles. The molecule has 1 heterocycles. The van der Waals surface area contributed by atoms with Crippen molar-refractivity contribution >= 4 is 22.7 Å². The summed E-state index contributed by atoms with van der Waals surface area (Å²) in [7, 11) is 4.11. The lowest BCUT2D eigenvalue weighted by Crippen LogP contribution is -2.38. The van der Waals surface area contributed by atoms with Crippen LogP contribution in [0.2, 0.25) is 0 Å². The van der Waals surface area contributed by atoms with Crippen LogP contribution in [0.25, 0.3) is 11.0 Å². The number of rotatable bonds is 8. The topological polar surface area (TPSA) is 57.5 Å². The number of benzene rings is 2. The first-order valence-electron chi connectivity index (χ1n) is 10.3. The molecule has 6 heteroatoms. The summed E-state index contributed by atoms with van der Waals surface area (Å²) in [6, 6.07) is 16.8. The third-order valence-electron chi connectivity index (χ3n) is 4.89. The summed E-state index contributed by atoms with van der Waals surface area (Å²) in [5, 5.41) is 6.79. The number of fused-ring (bicyclic) bond motifs is 1. The minimum atomic E-state index is 0.655. The SMILES string of the molecule is CCNC(=NCc1cccc(N(C)C)c1)NCCCn1c(C)nc2ccccc21. The smallest absolute Gasteiger partial charge is 0.191 e. The number of nitrogens with zero attached hydrogens (tertiary/aromatic N) is 4. The maximum absolute atomic E-state index is 4.74. The van der Waals surface area contributed by atoms with Crippen LogP contribution in [0.1, 0.15) is 24.7 Å². The van der Waals surface area contributed by atoms with E-state index in [4.69, 9.17) is 4.99 Å². The molecule has 0 amide bonds. The number of guanidine groups is 1. The third kappa shape index (κ3) is 5.50. The zero-order chi connectivity index (χ0) is 20.6. The van der Waals surface area contributed by atoms with Crippen LogP contribution >= 0.6 is 0 Å². The third-order valence-corrected chi connectivity index (χ3v) is 4.89. The van der Waals surface area contributed by atoms with Crippen molar-refractivity contribution in [2.24, 2.45) is 4.99 Å². The van der Waals surface area contributed by atoms with Gasteiger partial charge in [-0.05, 0) is 50.1 Å². The maximum atomic E-state index is 4.74. The van der Waals surface area contributed by atoms with Crippen molar-refractivity contribution in [3.8, 4) is 0 Å². The van der Waals surface area contributed by atoms with Gasteiger partial charge in [0, 0.05) is 39.4 Å². The molecule has 0 saturated heterocycles. The van der Waals surface area contributed by atoms with Crippen LogP contribution in [0.4, 0.5) is 5.69 Å². The van der Waals surface area contributed by atoms with Crippen LogP contribution in [0.5, 0.6) is 0 Å². The van der Waals surface area contributed by atoms with E-state index >= 15 is 0 Å². The minimum Gasteiger partial charge on any atom is -0.378 e. The average molecular weight is 393 g/mol. The van der Waals surface area contributed by atoms with Crippen molar-refractivity contribution in [2.75, 3.05) is 32.1 Å². The number of imidazole rings is 1. The lowest BCUT2D eigenvalue weighted by atomic mass is 10.2. The molecule has 6 nitrogen and oxygen atoms in total. The fraction of sp³-hybridized carbons (Fsp3) is 0.391. The van der Waals surface area contributed by atoms with Gasteiger partial charge in [-0.3, -0.25) is 0 Å². The Bertz CT molecular complexity index is 957. The van der Waals surface area contributed by atoms with Crippen LogP contribution in [0.3, 0.4) is 0 Å². The van der Waals surface area contributed by atoms with E-state index in [1.54, 1.807) is 0 Å². The molecule has 0 unspecified atom stereocenters. The Kier molecular flexibility index (Phi) is 7.11. The van der Waals surface area contributed by atoms with E-state index in [2.05, 4.69) is 95.5 Å². The second kappa shape index (κ2) is 9.96. The second-order valence-corrected chi connectivity index (χ2v) is 7.34. The lowest BCUT2D eigenvalue weighted by molar-refractivity contribution is 0.624. The molecule has 3 rings (SSSR count). The number of aryl methyl sites for hydroxylation is 2. The fourth-order valence-electron chi connectivity index (χ4n) is 3.37. The fourth-order valence-corrected chi connectivity index (χ4v) is 3.37. The zero-order valence-corrected chi connectivity index (χ0v) is 17.9. The summed E-state index contributed by atoms with van der Waals surface area (Å²) in [6.45, 7) is 7.45. The first kappa shape index (κ1) is 20.7. The van der Waals surface area contributed by atoms with E-state index in [1.807, 2.05) is 6.07 Å². The van der Waals surface area contributed by atoms with Crippen LogP contribution in [0.15, 0.2) is 53.5 Å². The summed E-state index contributed by atoms with van der Waals surface area (Å²) in [5.41, 5.74) is 4.66. The molecule has 0 saturated carbocycles. The summed E-state index contributed by atoms with van der Waals surface area (Å²) in [6.07, 6.45) is 1.00. The molecule has 0 aliphatic heterocycles. The van der Waals surface area contributed by atoms with Crippen molar-refractivity contribution < 1.29 is 0 Å². The van der Waals surface area contributed by atoms with Crippen molar-refractivity contribution in [1.29, 1.82) is 0 Å². The Balaban J connectivity index is 1.56. The monoisotopic (exact) mass is 392 g/mol. The van der Waals surface area contributed by atoms with E-state index in [0.29, 0.717) is 6.54 Å². The van der Waals surface area contributed by atoms with Crippen molar-refractivity contribution in [2.45, 2.75) is 33.4 Å². The van der Waals surface area contributed by atoms with Crippen molar-refractivity contribution in [1.82, 2.24) is 20.2 Å². The molecule has 0 bridgehead atoms. The number of aromatic nitrogens is 2. The molecule has 0 fully saturated rings. The van der Waals surface area contributed by atoms with E-state index in [9.17, 15) is 0 Å². The first-order chi connectivity index (χ1) is 14.1. The lowest BCUT2D eigenvalue weighted by Gasteiger charge is -2.14. The van der Waals surface area contributed by atoms with Gasteiger partial charge in [-0.1, -0.05) is 24.3 Å². The number of hydrogen-bond donors (Lipinski definition) is 2. The van der Waals surface area contributed by atoms with Gasteiger partial charge in [-0.2, -0.15) is 0 Å². The number of hydrogen-bond acceptors (Lipinski definition) is 3. The Hall–Kier alpha value is -3.02. The highest BCUT2D eigenvalue weighted by Gasteiger charge is 2.06. The van der Waals surface area contributed by atoms with Gasteiger partial charge in [0.15, 0.2) is 5.96 Å². The molecule has 3 aromatic rings. The second-order valence-electron chi connectivity index (χ2n) is 7.34. The predicted octanol–water partition coefficient (Wildman–Crippen LogP) is 3.56. The van der Waals surface area contributed by atoms with Gasteiger partial charge in [0.05, 0.1) is 17.6 Å². The molecule has 154 valence electrons. The quantitative estimate of drug-likeness (QED) is 0.350. The first-order valence-corrected chi connectivity index (χ1v) is 10.3. The summed E-state index contributed by atoms with van der Waals surface area (Å²) >= 11 is 0. The maximum Gasteiger partial charge on any atom is 0.191 e. The Labute approximate surface area is 173 Å². The van der Waals surface area contributed by atoms with Gasteiger partial charge in [0.25, 0.3) is 0 Å². The van der Waals surface area contributed by atoms with Crippen LogP contribution in [-0.4, -0.2) is 42.7 Å². The van der Waals surface area contributed by atoms with Gasteiger partial charge < -0.3 is 20.1 Å². The van der Waals surface area contributed by atoms with Crippen LogP contribution in [-0.2, 0) is 13.1 Å². The van der Waals surface area contributed by atoms with Gasteiger partial charge in [-0.25, -0.2) is 9.98 Å². The summed E-state index contributed by atoms with van der Waals surface area (Å²) in [4.78, 5) is 11.5. The molecule has 0 radical (unpaired) electrons. The number of para-hydroxylation sites is 2. The van der Waals surface area contributed by atoms with Crippen molar-refractivity contribution in [3.05, 3.63) is 59.9 Å². The van der Waals surface area contributed by atoms with Gasteiger partial charge >= 0.3 is 0 Å². The molecular weight excluding hydrogens is 360 g/mol. The molecule has 2 aromatic carbocycles. The summed E-state index contributed by atoms with van der Waals surface area (Å²) < 4.78 is 2.29. The van der Waals surface area contributed by atoms with E-state index in [1.165, 1.54) is 16.8 Å². The largest absolute Gasteiger partial charge is 0.378 e. The highest BCUT2D eigenvalue weighted by Crippen LogP contribution is 2.16. The average Bonchev–Trinajstić information content (AvgIpc) is 3.04. The van der Waals surface area contributed by atoms with Crippen molar-refractivity contribution in [3.63, 3.8) is 0 Å². The standard InChI is InChI=1S/C23H32N6/c1-5-24-23(26-17-19-10-8-11-20(16-19)28(3)4)25-14-9-15-29-18(2)27-21-12-6-7-13-22(21)29/h6-8,10-13,16H,5,9,14-15,17H2,1-4H3,(H2,24,25,26). The molecule has 0 aliphatic rings. The normalized spacial score (nSPS) is 11.7. The summed E-state index contributed by atoms with van der Waals surface area (Å²) in [5.74, 6) is 1.92. The highest BCUT2D eigenvalue weighted by atomic mass is 15.2. The van der Waals surface area contributed by atoms with E-state index < -0.39 is 0 Å². The molecule has 0 atom stereocenters. The van der Waals surface area contributed by atoms with Crippen LogP contribution in [0, 0.1) is 6.92 Å². The predicted molar refractivity (Wildman–Crippen MR) is 123 cm³/mol. The highest BCUT2D eigenvalue weighted by molar-refractivity contribution is 5.79. The van der Waals surface area contributed by atoms with Gasteiger partial charge in [0.2, 0.25) is 0 Å². The Morgan fingerprint density at radius 3 is 2.72 bits per heavy atom. The minimum absolute atomic E-state index is 0.655. The molecular formula is C23H32N6. The van der Waals surface area contributed by atoms with Crippen LogP contribution < -0.4 is 15.5 Å². The number of nitrogens with one attached hydrogen (secondary N) is 2. The Morgan fingerprint density at radius 1 is 1.10 bits per heavy atom. The zero-order valence-electron chi connectivity index (χ0n) is 17.9. The van der Waals surface area contributed by atoms with E-state index in [-0.39, 0.29) is 0 Å².